The molecule has 1 aromatic heterocycles. The molecule has 1 fully saturated rings. The smallest absolute Gasteiger partial charge is 0.408 e. The molecule has 0 aliphatic carbocycles. The van der Waals surface area contributed by atoms with Gasteiger partial charge in [-0.05, 0) is 46.1 Å². The average Bonchev–Trinajstić information content (AvgIpc) is 2.97. The molecule has 198 valence electrons. The van der Waals surface area contributed by atoms with Gasteiger partial charge in [0, 0.05) is 42.6 Å². The van der Waals surface area contributed by atoms with Crippen LogP contribution in [-0.2, 0) is 19.6 Å². The van der Waals surface area contributed by atoms with Crippen molar-refractivity contribution in [2.75, 3.05) is 19.6 Å². The van der Waals surface area contributed by atoms with Crippen LogP contribution in [0.3, 0.4) is 0 Å². The predicted molar refractivity (Wildman–Crippen MR) is 134 cm³/mol. The number of nitrogens with zero attached hydrogens (tertiary/aromatic N) is 3. The van der Waals surface area contributed by atoms with Gasteiger partial charge in [0.15, 0.2) is 5.82 Å². The summed E-state index contributed by atoms with van der Waals surface area (Å²) in [5.74, 6) is -1.22. The predicted octanol–water partition coefficient (Wildman–Crippen LogP) is 3.53. The van der Waals surface area contributed by atoms with Crippen LogP contribution in [0, 0.1) is 11.7 Å². The summed E-state index contributed by atoms with van der Waals surface area (Å²) in [5, 5.41) is 3.06. The first-order chi connectivity index (χ1) is 16.7. The minimum Gasteiger partial charge on any atom is -0.444 e. The Morgan fingerprint density at radius 3 is 2.53 bits per heavy atom. The van der Waals surface area contributed by atoms with Gasteiger partial charge in [0.2, 0.25) is 15.9 Å². The molecule has 0 radical (unpaired) electrons. The third-order valence-electron chi connectivity index (χ3n) is 5.98. The number of pyridine rings is 1. The van der Waals surface area contributed by atoms with Crippen LogP contribution in [-0.4, -0.2) is 71.9 Å². The molecular weight excluding hydrogens is 487 g/mol. The van der Waals surface area contributed by atoms with E-state index in [9.17, 15) is 22.4 Å². The molecule has 1 aromatic carbocycles. The maximum absolute atomic E-state index is 14.6. The lowest BCUT2D eigenvalue weighted by Gasteiger charge is -2.32. The molecule has 11 heteroatoms. The fourth-order valence-electron chi connectivity index (χ4n) is 4.34. The fraction of sp³-hybridized carbons (Fsp3) is 0.560. The van der Waals surface area contributed by atoms with E-state index in [1.54, 1.807) is 44.7 Å². The van der Waals surface area contributed by atoms with E-state index in [2.05, 4.69) is 10.3 Å². The van der Waals surface area contributed by atoms with E-state index < -0.39 is 39.6 Å². The van der Waals surface area contributed by atoms with Gasteiger partial charge in [0.05, 0.1) is 11.1 Å². The van der Waals surface area contributed by atoms with Crippen LogP contribution in [0.2, 0.25) is 0 Å². The number of benzene rings is 1. The Labute approximate surface area is 212 Å². The molecule has 3 rings (SSSR count). The highest BCUT2D eigenvalue weighted by atomic mass is 32.2. The van der Waals surface area contributed by atoms with Gasteiger partial charge < -0.3 is 15.0 Å². The van der Waals surface area contributed by atoms with E-state index in [0.717, 1.165) is 6.20 Å². The topological polar surface area (TPSA) is 109 Å². The minimum atomic E-state index is -4.07. The number of nitrogens with one attached hydrogen (secondary N) is 1. The summed E-state index contributed by atoms with van der Waals surface area (Å²) in [6, 6.07) is 3.16. The first-order valence-corrected chi connectivity index (χ1v) is 13.5. The fourth-order valence-corrected chi connectivity index (χ4v) is 6.23. The SMILES string of the molecule is CC(C)[C@@H](NC(=O)OC(C)(C)C)C(=O)N1CCCN(S(=O)(=O)c2cccc3cncc(F)c23)[C@@H](C)C1. The van der Waals surface area contributed by atoms with Crippen LogP contribution in [0.15, 0.2) is 35.5 Å². The van der Waals surface area contributed by atoms with E-state index in [-0.39, 0.29) is 35.2 Å². The van der Waals surface area contributed by atoms with Crippen LogP contribution in [0.4, 0.5) is 9.18 Å². The summed E-state index contributed by atoms with van der Waals surface area (Å²) in [7, 11) is -4.07. The summed E-state index contributed by atoms with van der Waals surface area (Å²) >= 11 is 0. The number of halogens is 1. The van der Waals surface area contributed by atoms with E-state index in [1.165, 1.54) is 16.6 Å². The van der Waals surface area contributed by atoms with Crippen molar-refractivity contribution < 1.29 is 27.1 Å². The number of ether oxygens (including phenoxy) is 1. The van der Waals surface area contributed by atoms with Crippen molar-refractivity contribution in [2.45, 2.75) is 70.5 Å². The molecular formula is C25H35FN4O5S. The molecule has 0 saturated carbocycles. The third kappa shape index (κ3) is 6.12. The molecule has 2 aromatic rings. The standard InChI is InChI=1S/C25H35FN4O5S/c1-16(2)22(28-24(32)35-25(4,5)6)23(31)29-11-8-12-30(17(3)15-29)36(33,34)20-10-7-9-18-13-27-14-19(26)21(18)20/h7,9-10,13-14,16-17,22H,8,11-12,15H2,1-6H3,(H,28,32)/t17-,22+/m0/s1. The molecule has 2 heterocycles. The highest BCUT2D eigenvalue weighted by Crippen LogP contribution is 2.29. The van der Waals surface area contributed by atoms with Crippen LogP contribution in [0.25, 0.3) is 10.8 Å². The molecule has 2 amide bonds. The van der Waals surface area contributed by atoms with Gasteiger partial charge in [-0.15, -0.1) is 0 Å². The van der Waals surface area contributed by atoms with Crippen LogP contribution >= 0.6 is 0 Å². The first-order valence-electron chi connectivity index (χ1n) is 12.0. The minimum absolute atomic E-state index is 0.00156. The van der Waals surface area contributed by atoms with Crippen molar-refractivity contribution in [3.8, 4) is 0 Å². The number of amides is 2. The Bertz CT molecular complexity index is 1220. The van der Waals surface area contributed by atoms with Gasteiger partial charge in [-0.3, -0.25) is 9.78 Å². The van der Waals surface area contributed by atoms with Crippen molar-refractivity contribution >= 4 is 32.8 Å². The Morgan fingerprint density at radius 2 is 1.89 bits per heavy atom. The van der Waals surface area contributed by atoms with E-state index in [0.29, 0.717) is 18.4 Å². The Balaban J connectivity index is 1.83. The second-order valence-electron chi connectivity index (χ2n) is 10.4. The molecule has 0 unspecified atom stereocenters. The summed E-state index contributed by atoms with van der Waals surface area (Å²) in [6.45, 7) is 11.2. The molecule has 0 spiro atoms. The summed E-state index contributed by atoms with van der Waals surface area (Å²) in [4.78, 5) is 31.0. The summed E-state index contributed by atoms with van der Waals surface area (Å²) in [6.07, 6.45) is 2.13. The van der Waals surface area contributed by atoms with E-state index >= 15 is 0 Å². The molecule has 0 bridgehead atoms. The van der Waals surface area contributed by atoms with E-state index in [4.69, 9.17) is 4.74 Å². The molecule has 2 atom stereocenters. The van der Waals surface area contributed by atoms with Crippen LogP contribution in [0.5, 0.6) is 0 Å². The third-order valence-corrected chi connectivity index (χ3v) is 8.04. The Kier molecular flexibility index (Phi) is 8.24. The summed E-state index contributed by atoms with van der Waals surface area (Å²) in [5.41, 5.74) is -0.711. The lowest BCUT2D eigenvalue weighted by Crippen LogP contribution is -2.53. The number of alkyl carbamates (subject to hydrolysis) is 1. The first kappa shape index (κ1) is 27.8. The van der Waals surface area contributed by atoms with Gasteiger partial charge in [0.25, 0.3) is 0 Å². The van der Waals surface area contributed by atoms with Crippen LogP contribution < -0.4 is 5.32 Å². The highest BCUT2D eigenvalue weighted by Gasteiger charge is 2.37. The molecule has 9 nitrogen and oxygen atoms in total. The molecule has 1 saturated heterocycles. The van der Waals surface area contributed by atoms with Gasteiger partial charge in [0.1, 0.15) is 11.6 Å². The van der Waals surface area contributed by atoms with Crippen molar-refractivity contribution in [3.63, 3.8) is 0 Å². The number of carbonyl (C=O) groups is 2. The second-order valence-corrected chi connectivity index (χ2v) is 12.3. The number of hydrogen-bond donors (Lipinski definition) is 1. The summed E-state index contributed by atoms with van der Waals surface area (Å²) < 4.78 is 48.6. The quantitative estimate of drug-likeness (QED) is 0.644. The highest BCUT2D eigenvalue weighted by molar-refractivity contribution is 7.89. The van der Waals surface area contributed by atoms with E-state index in [1.807, 2.05) is 13.8 Å². The normalized spacial score (nSPS) is 18.7. The number of aromatic nitrogens is 1. The maximum Gasteiger partial charge on any atom is 0.408 e. The van der Waals surface area contributed by atoms with Crippen molar-refractivity contribution in [1.82, 2.24) is 19.5 Å². The van der Waals surface area contributed by atoms with Crippen molar-refractivity contribution in [1.29, 1.82) is 0 Å². The number of fused-ring (bicyclic) bond motifs is 1. The number of rotatable bonds is 5. The zero-order valence-corrected chi connectivity index (χ0v) is 22.4. The monoisotopic (exact) mass is 522 g/mol. The maximum atomic E-state index is 14.6. The molecule has 1 N–H and O–H groups in total. The van der Waals surface area contributed by atoms with Crippen molar-refractivity contribution in [3.05, 3.63) is 36.4 Å². The number of carbonyl (C=O) groups excluding carboxylic acids is 2. The largest absolute Gasteiger partial charge is 0.444 e. The number of sulfonamides is 1. The second kappa shape index (κ2) is 10.7. The lowest BCUT2D eigenvalue weighted by atomic mass is 10.0. The molecule has 1 aliphatic heterocycles. The van der Waals surface area contributed by atoms with Gasteiger partial charge in [-0.25, -0.2) is 17.6 Å². The zero-order chi connectivity index (χ0) is 26.8. The van der Waals surface area contributed by atoms with Crippen LogP contribution in [0.1, 0.15) is 48.0 Å². The average molecular weight is 523 g/mol. The molecule has 36 heavy (non-hydrogen) atoms. The van der Waals surface area contributed by atoms with Gasteiger partial charge >= 0.3 is 6.09 Å². The Hall–Kier alpha value is -2.79. The van der Waals surface area contributed by atoms with Crippen molar-refractivity contribution in [2.24, 2.45) is 5.92 Å². The van der Waals surface area contributed by atoms with Gasteiger partial charge in [-0.1, -0.05) is 26.0 Å². The molecule has 1 aliphatic rings. The lowest BCUT2D eigenvalue weighted by molar-refractivity contribution is -0.134. The zero-order valence-electron chi connectivity index (χ0n) is 21.6. The number of hydrogen-bond acceptors (Lipinski definition) is 6. The Morgan fingerprint density at radius 1 is 1.19 bits per heavy atom. The van der Waals surface area contributed by atoms with Gasteiger partial charge in [-0.2, -0.15) is 4.31 Å².